The summed E-state index contributed by atoms with van der Waals surface area (Å²) in [5.41, 5.74) is 1.60. The lowest BCUT2D eigenvalue weighted by atomic mass is 9.78. The van der Waals surface area contributed by atoms with Crippen molar-refractivity contribution in [2.75, 3.05) is 12.3 Å². The standard InChI is InChI=1S/C26H26N4O2S/c27-16-18-11-13-20(14-12-18)30-25(32)21-8-2-3-9-22(21)28-26(30)33-17-24(31)29-15-5-7-19-6-1-4-10-23(19)29/h2-3,8-9,11-14,19,23H,1,4-7,10,15,17H2. The Bertz CT molecular complexity index is 1280. The summed E-state index contributed by atoms with van der Waals surface area (Å²) in [6, 6.07) is 16.6. The molecular formula is C26H26N4O2S. The molecule has 2 aromatic carbocycles. The van der Waals surface area contributed by atoms with Crippen molar-refractivity contribution < 1.29 is 4.79 Å². The molecule has 6 nitrogen and oxygen atoms in total. The Kier molecular flexibility index (Phi) is 6.19. The van der Waals surface area contributed by atoms with Crippen LogP contribution < -0.4 is 5.56 Å². The largest absolute Gasteiger partial charge is 0.339 e. The SMILES string of the molecule is N#Cc1ccc(-n2c(SCC(=O)N3CCCC4CCCCC43)nc3ccccc3c2=O)cc1. The Labute approximate surface area is 197 Å². The second kappa shape index (κ2) is 9.40. The van der Waals surface area contributed by atoms with Crippen molar-refractivity contribution in [2.45, 2.75) is 49.7 Å². The van der Waals surface area contributed by atoms with E-state index in [2.05, 4.69) is 11.0 Å². The Balaban J connectivity index is 1.46. The predicted molar refractivity (Wildman–Crippen MR) is 129 cm³/mol. The van der Waals surface area contributed by atoms with E-state index >= 15 is 0 Å². The van der Waals surface area contributed by atoms with Gasteiger partial charge >= 0.3 is 0 Å². The first-order valence-corrected chi connectivity index (χ1v) is 12.6. The lowest BCUT2D eigenvalue weighted by Gasteiger charge is -2.44. The van der Waals surface area contributed by atoms with E-state index in [0.29, 0.717) is 39.3 Å². The lowest BCUT2D eigenvalue weighted by Crippen LogP contribution is -2.50. The fraction of sp³-hybridized carbons (Fsp3) is 0.385. The molecule has 0 spiro atoms. The summed E-state index contributed by atoms with van der Waals surface area (Å²) in [6.45, 7) is 0.828. The van der Waals surface area contributed by atoms with Gasteiger partial charge in [-0.05, 0) is 68.0 Å². The van der Waals surface area contributed by atoms with Gasteiger partial charge in [0, 0.05) is 12.6 Å². The van der Waals surface area contributed by atoms with Crippen LogP contribution in [0.2, 0.25) is 0 Å². The molecule has 7 heteroatoms. The topological polar surface area (TPSA) is 79.0 Å². The summed E-state index contributed by atoms with van der Waals surface area (Å²) < 4.78 is 1.56. The molecule has 2 heterocycles. The number of carbonyl (C=O) groups excluding carboxylic acids is 1. The number of aromatic nitrogens is 2. The molecule has 0 bridgehead atoms. The van der Waals surface area contributed by atoms with Crippen LogP contribution in [0.3, 0.4) is 0 Å². The Hall–Kier alpha value is -3.11. The summed E-state index contributed by atoms with van der Waals surface area (Å²) in [7, 11) is 0. The van der Waals surface area contributed by atoms with E-state index in [1.807, 2.05) is 18.2 Å². The number of nitrogens with zero attached hydrogens (tertiary/aromatic N) is 4. The van der Waals surface area contributed by atoms with Gasteiger partial charge < -0.3 is 4.90 Å². The first-order valence-electron chi connectivity index (χ1n) is 11.6. The smallest absolute Gasteiger partial charge is 0.266 e. The van der Waals surface area contributed by atoms with E-state index in [-0.39, 0.29) is 17.2 Å². The van der Waals surface area contributed by atoms with Crippen molar-refractivity contribution in [1.82, 2.24) is 14.5 Å². The minimum atomic E-state index is -0.175. The molecular weight excluding hydrogens is 432 g/mol. The molecule has 0 N–H and O–H groups in total. The highest BCUT2D eigenvalue weighted by atomic mass is 32.2. The van der Waals surface area contributed by atoms with Gasteiger partial charge in [-0.25, -0.2) is 4.98 Å². The predicted octanol–water partition coefficient (Wildman–Crippen LogP) is 4.53. The fourth-order valence-corrected chi connectivity index (χ4v) is 6.16. The molecule has 1 amide bonds. The van der Waals surface area contributed by atoms with Crippen molar-refractivity contribution in [3.8, 4) is 11.8 Å². The quantitative estimate of drug-likeness (QED) is 0.424. The van der Waals surface area contributed by atoms with Crippen LogP contribution in [-0.2, 0) is 4.79 Å². The first-order chi connectivity index (χ1) is 16.2. The number of para-hydroxylation sites is 1. The van der Waals surface area contributed by atoms with Gasteiger partial charge in [0.05, 0.1) is 34.0 Å². The number of thioether (sulfide) groups is 1. The van der Waals surface area contributed by atoms with Crippen LogP contribution in [-0.4, -0.2) is 38.7 Å². The number of likely N-dealkylation sites (tertiary alicyclic amines) is 1. The summed E-state index contributed by atoms with van der Waals surface area (Å²) in [5, 5.41) is 10.1. The number of nitriles is 1. The number of amides is 1. The average molecular weight is 459 g/mol. The second-order valence-corrected chi connectivity index (χ2v) is 9.78. The lowest BCUT2D eigenvalue weighted by molar-refractivity contribution is -0.134. The molecule has 3 aromatic rings. The van der Waals surface area contributed by atoms with Crippen LogP contribution in [0.15, 0.2) is 58.5 Å². The van der Waals surface area contributed by atoms with Gasteiger partial charge in [0.2, 0.25) is 5.91 Å². The molecule has 2 aliphatic rings. The summed E-state index contributed by atoms with van der Waals surface area (Å²) in [4.78, 5) is 33.5. The molecule has 33 heavy (non-hydrogen) atoms. The maximum absolute atomic E-state index is 13.4. The Morgan fingerprint density at radius 3 is 2.64 bits per heavy atom. The van der Waals surface area contributed by atoms with Gasteiger partial charge in [-0.15, -0.1) is 0 Å². The number of rotatable bonds is 4. The highest BCUT2D eigenvalue weighted by molar-refractivity contribution is 7.99. The third kappa shape index (κ3) is 4.28. The van der Waals surface area contributed by atoms with Gasteiger partial charge in [-0.1, -0.05) is 36.7 Å². The van der Waals surface area contributed by atoms with Crippen molar-refractivity contribution in [1.29, 1.82) is 5.26 Å². The molecule has 1 aliphatic carbocycles. The number of benzene rings is 2. The summed E-state index contributed by atoms with van der Waals surface area (Å²) in [5.74, 6) is 1.02. The highest BCUT2D eigenvalue weighted by Gasteiger charge is 2.35. The number of hydrogen-bond acceptors (Lipinski definition) is 5. The minimum absolute atomic E-state index is 0.130. The maximum atomic E-state index is 13.4. The molecule has 0 radical (unpaired) electrons. The van der Waals surface area contributed by atoms with E-state index < -0.39 is 0 Å². The highest BCUT2D eigenvalue weighted by Crippen LogP contribution is 2.35. The zero-order chi connectivity index (χ0) is 22.8. The molecule has 1 aliphatic heterocycles. The number of fused-ring (bicyclic) bond motifs is 2. The third-order valence-electron chi connectivity index (χ3n) is 6.89. The van der Waals surface area contributed by atoms with E-state index in [9.17, 15) is 9.59 Å². The Morgan fingerprint density at radius 1 is 1.06 bits per heavy atom. The monoisotopic (exact) mass is 458 g/mol. The molecule has 1 saturated heterocycles. The number of carbonyl (C=O) groups is 1. The number of hydrogen-bond donors (Lipinski definition) is 0. The molecule has 2 fully saturated rings. The normalized spacial score (nSPS) is 20.3. The van der Waals surface area contributed by atoms with Gasteiger partial charge in [-0.3, -0.25) is 14.2 Å². The van der Waals surface area contributed by atoms with Crippen LogP contribution >= 0.6 is 11.8 Å². The molecule has 168 valence electrons. The number of piperidine rings is 1. The molecule has 2 atom stereocenters. The van der Waals surface area contributed by atoms with Crippen molar-refractivity contribution >= 4 is 28.6 Å². The Morgan fingerprint density at radius 2 is 1.82 bits per heavy atom. The van der Waals surface area contributed by atoms with E-state index in [1.165, 1.54) is 37.4 Å². The van der Waals surface area contributed by atoms with E-state index in [4.69, 9.17) is 10.2 Å². The van der Waals surface area contributed by atoms with Crippen LogP contribution in [0.1, 0.15) is 44.1 Å². The first kappa shape index (κ1) is 21.7. The van der Waals surface area contributed by atoms with Crippen molar-refractivity contribution in [3.05, 3.63) is 64.4 Å². The van der Waals surface area contributed by atoms with Gasteiger partial charge in [-0.2, -0.15) is 5.26 Å². The summed E-state index contributed by atoms with van der Waals surface area (Å²) >= 11 is 1.32. The van der Waals surface area contributed by atoms with Gasteiger partial charge in [0.25, 0.3) is 5.56 Å². The van der Waals surface area contributed by atoms with Crippen LogP contribution in [0.5, 0.6) is 0 Å². The minimum Gasteiger partial charge on any atom is -0.339 e. The van der Waals surface area contributed by atoms with Crippen molar-refractivity contribution in [2.24, 2.45) is 5.92 Å². The molecule has 5 rings (SSSR count). The zero-order valence-electron chi connectivity index (χ0n) is 18.4. The second-order valence-electron chi connectivity index (χ2n) is 8.84. The van der Waals surface area contributed by atoms with Crippen LogP contribution in [0, 0.1) is 17.2 Å². The van der Waals surface area contributed by atoms with Crippen molar-refractivity contribution in [3.63, 3.8) is 0 Å². The van der Waals surface area contributed by atoms with Crippen LogP contribution in [0.25, 0.3) is 16.6 Å². The molecule has 1 aromatic heterocycles. The summed E-state index contributed by atoms with van der Waals surface area (Å²) in [6.07, 6.45) is 7.10. The van der Waals surface area contributed by atoms with Gasteiger partial charge in [0.15, 0.2) is 5.16 Å². The zero-order valence-corrected chi connectivity index (χ0v) is 19.3. The third-order valence-corrected chi connectivity index (χ3v) is 7.81. The van der Waals surface area contributed by atoms with Gasteiger partial charge in [0.1, 0.15) is 0 Å². The fourth-order valence-electron chi connectivity index (χ4n) is 5.27. The van der Waals surface area contributed by atoms with E-state index in [0.717, 1.165) is 19.4 Å². The molecule has 2 unspecified atom stereocenters. The maximum Gasteiger partial charge on any atom is 0.266 e. The molecule has 1 saturated carbocycles. The van der Waals surface area contributed by atoms with E-state index in [1.54, 1.807) is 34.9 Å². The van der Waals surface area contributed by atoms with Crippen LogP contribution in [0.4, 0.5) is 0 Å². The average Bonchev–Trinajstić information content (AvgIpc) is 2.87.